The lowest BCUT2D eigenvalue weighted by Crippen LogP contribution is -2.54. The number of nitrogens with one attached hydrogen (secondary N) is 2. The van der Waals surface area contributed by atoms with E-state index in [4.69, 9.17) is 9.47 Å². The summed E-state index contributed by atoms with van der Waals surface area (Å²) in [6, 6.07) is -0.105. The van der Waals surface area contributed by atoms with Crippen molar-refractivity contribution in [3.05, 3.63) is 59.8 Å². The third-order valence-corrected chi connectivity index (χ3v) is 6.96. The molecule has 0 bridgehead atoms. The Bertz CT molecular complexity index is 817. The second kappa shape index (κ2) is 16.0. The van der Waals surface area contributed by atoms with Crippen LogP contribution in [0, 0.1) is 11.8 Å². The van der Waals surface area contributed by atoms with E-state index in [9.17, 15) is 9.90 Å². The van der Waals surface area contributed by atoms with Gasteiger partial charge in [-0.3, -0.25) is 4.79 Å². The molecular weight excluding hydrogens is 452 g/mol. The van der Waals surface area contributed by atoms with Gasteiger partial charge >= 0.3 is 0 Å². The molecule has 0 saturated carbocycles. The molecule has 2 aliphatic rings. The molecular formula is C30H48N2O4. The predicted molar refractivity (Wildman–Crippen MR) is 147 cm³/mol. The highest BCUT2D eigenvalue weighted by atomic mass is 16.7. The van der Waals surface area contributed by atoms with E-state index in [-0.39, 0.29) is 30.1 Å². The number of ether oxygens (including phenoxy) is 2. The minimum atomic E-state index is -0.524. The standard InChI is InChI=1S/C30H48N2O4/c1-21-12-8-7-9-13-23(3)20-32-28(34)15-11-10-14-24(4)27(17-16-22(2)18-21)36-29-19-26(33)30(31-6)25(5)35-29/h7-8,10-12,14-16,23-27,29-31,33H,9,13,17-20H2,1-6H3,(H,32,34)/b8-7-,14-10?,15-11-,21-12-,22-16-/t23-,24-,25+,26+,27-,29+,30+/m1/s1. The minimum Gasteiger partial charge on any atom is -0.391 e. The number of aliphatic hydroxyl groups is 1. The molecule has 0 aliphatic carbocycles. The fraction of sp³-hybridized carbons (Fsp3) is 0.633. The number of rotatable bonds is 3. The lowest BCUT2D eigenvalue weighted by Gasteiger charge is -2.39. The largest absolute Gasteiger partial charge is 0.391 e. The van der Waals surface area contributed by atoms with Crippen molar-refractivity contribution in [1.82, 2.24) is 10.6 Å². The molecule has 6 heteroatoms. The first-order valence-electron chi connectivity index (χ1n) is 13.5. The summed E-state index contributed by atoms with van der Waals surface area (Å²) in [6.07, 6.45) is 19.0. The second-order valence-electron chi connectivity index (χ2n) is 10.5. The maximum absolute atomic E-state index is 12.2. The zero-order chi connectivity index (χ0) is 26.5. The third-order valence-electron chi connectivity index (χ3n) is 6.96. The Kier molecular flexibility index (Phi) is 13.4. The van der Waals surface area contributed by atoms with Crippen molar-refractivity contribution in [2.45, 2.75) is 97.4 Å². The van der Waals surface area contributed by atoms with Crippen LogP contribution >= 0.6 is 0 Å². The van der Waals surface area contributed by atoms with Crippen LogP contribution in [-0.2, 0) is 14.3 Å². The maximum Gasteiger partial charge on any atom is 0.243 e. The van der Waals surface area contributed by atoms with Gasteiger partial charge < -0.3 is 25.2 Å². The van der Waals surface area contributed by atoms with Crippen molar-refractivity contribution in [2.75, 3.05) is 13.6 Å². The number of hydrogen-bond donors (Lipinski definition) is 3. The molecule has 0 spiro atoms. The van der Waals surface area contributed by atoms with Gasteiger partial charge in [-0.05, 0) is 59.4 Å². The van der Waals surface area contributed by atoms with Crippen molar-refractivity contribution in [3.8, 4) is 0 Å². The topological polar surface area (TPSA) is 79.8 Å². The lowest BCUT2D eigenvalue weighted by molar-refractivity contribution is -0.241. The molecule has 7 atom stereocenters. The Labute approximate surface area is 218 Å². The van der Waals surface area contributed by atoms with Crippen LogP contribution in [-0.4, -0.2) is 55.2 Å². The SMILES string of the molecule is CN[C@H]1[C@H](C)O[C@@H](O[C@@H]2C/C=C(/C)C/C(C)=C\C=C/CC[C@@H](C)CNC(=O)/C=C\C=C[C@H]2C)C[C@@H]1O. The predicted octanol–water partition coefficient (Wildman–Crippen LogP) is 4.98. The van der Waals surface area contributed by atoms with E-state index >= 15 is 0 Å². The van der Waals surface area contributed by atoms with Crippen molar-refractivity contribution < 1.29 is 19.4 Å². The molecule has 0 unspecified atom stereocenters. The first-order valence-corrected chi connectivity index (χ1v) is 13.5. The first kappa shape index (κ1) is 30.2. The van der Waals surface area contributed by atoms with Crippen LogP contribution < -0.4 is 10.6 Å². The number of allylic oxidation sites excluding steroid dienone is 7. The van der Waals surface area contributed by atoms with Gasteiger partial charge in [0.1, 0.15) is 0 Å². The Morgan fingerprint density at radius 1 is 1.14 bits per heavy atom. The van der Waals surface area contributed by atoms with Gasteiger partial charge in [0.05, 0.1) is 24.4 Å². The van der Waals surface area contributed by atoms with Crippen molar-refractivity contribution in [3.63, 3.8) is 0 Å². The van der Waals surface area contributed by atoms with E-state index in [0.29, 0.717) is 18.9 Å². The van der Waals surface area contributed by atoms with Gasteiger partial charge in [-0.2, -0.15) is 0 Å². The average molecular weight is 501 g/mol. The van der Waals surface area contributed by atoms with E-state index < -0.39 is 12.4 Å². The van der Waals surface area contributed by atoms with E-state index in [1.807, 2.05) is 20.0 Å². The first-order chi connectivity index (χ1) is 17.2. The van der Waals surface area contributed by atoms with Crippen LogP contribution in [0.15, 0.2) is 59.8 Å². The summed E-state index contributed by atoms with van der Waals surface area (Å²) in [6.45, 7) is 11.2. The van der Waals surface area contributed by atoms with E-state index in [1.165, 1.54) is 11.1 Å². The summed E-state index contributed by atoms with van der Waals surface area (Å²) < 4.78 is 12.5. The van der Waals surface area contributed by atoms with E-state index in [2.05, 4.69) is 68.7 Å². The molecule has 36 heavy (non-hydrogen) atoms. The van der Waals surface area contributed by atoms with E-state index in [1.54, 1.807) is 12.2 Å². The molecule has 0 aromatic carbocycles. The molecule has 0 aromatic heterocycles. The second-order valence-corrected chi connectivity index (χ2v) is 10.5. The number of likely N-dealkylation sites (N-methyl/N-ethyl adjacent to an activating group) is 1. The molecule has 0 radical (unpaired) electrons. The molecule has 2 heterocycles. The average Bonchev–Trinajstić information content (AvgIpc) is 2.82. The zero-order valence-corrected chi connectivity index (χ0v) is 23.1. The summed E-state index contributed by atoms with van der Waals surface area (Å²) in [5.41, 5.74) is 2.62. The van der Waals surface area contributed by atoms with Crippen molar-refractivity contribution >= 4 is 5.91 Å². The Balaban J connectivity index is 2.18. The third kappa shape index (κ3) is 11.0. The van der Waals surface area contributed by atoms with Gasteiger partial charge in [-0.25, -0.2) is 0 Å². The molecule has 0 aromatic rings. The van der Waals surface area contributed by atoms with Gasteiger partial charge in [0.15, 0.2) is 6.29 Å². The van der Waals surface area contributed by atoms with Crippen LogP contribution in [0.5, 0.6) is 0 Å². The number of carbonyl (C=O) groups excluding carboxylic acids is 1. The monoisotopic (exact) mass is 500 g/mol. The number of hydrogen-bond acceptors (Lipinski definition) is 5. The number of amides is 1. The molecule has 1 saturated heterocycles. The Morgan fingerprint density at radius 3 is 2.64 bits per heavy atom. The van der Waals surface area contributed by atoms with Gasteiger partial charge in [0.25, 0.3) is 0 Å². The zero-order valence-electron chi connectivity index (χ0n) is 23.1. The van der Waals surface area contributed by atoms with Crippen LogP contribution in [0.2, 0.25) is 0 Å². The van der Waals surface area contributed by atoms with Crippen LogP contribution in [0.3, 0.4) is 0 Å². The summed E-state index contributed by atoms with van der Waals surface area (Å²) in [7, 11) is 1.84. The molecule has 6 nitrogen and oxygen atoms in total. The fourth-order valence-corrected chi connectivity index (χ4v) is 4.68. The molecule has 2 aliphatic heterocycles. The highest BCUT2D eigenvalue weighted by Gasteiger charge is 2.36. The van der Waals surface area contributed by atoms with E-state index in [0.717, 1.165) is 25.7 Å². The van der Waals surface area contributed by atoms with Crippen LogP contribution in [0.4, 0.5) is 0 Å². The van der Waals surface area contributed by atoms with Gasteiger partial charge in [0, 0.05) is 25.0 Å². The lowest BCUT2D eigenvalue weighted by atomic mass is 9.97. The van der Waals surface area contributed by atoms with Crippen molar-refractivity contribution in [2.24, 2.45) is 11.8 Å². The van der Waals surface area contributed by atoms with Gasteiger partial charge in [-0.15, -0.1) is 0 Å². The molecule has 202 valence electrons. The summed E-state index contributed by atoms with van der Waals surface area (Å²) in [5, 5.41) is 16.7. The van der Waals surface area contributed by atoms with Crippen molar-refractivity contribution in [1.29, 1.82) is 0 Å². The highest BCUT2D eigenvalue weighted by molar-refractivity contribution is 5.87. The smallest absolute Gasteiger partial charge is 0.243 e. The molecule has 1 amide bonds. The number of carbonyl (C=O) groups is 1. The van der Waals surface area contributed by atoms with Crippen LogP contribution in [0.1, 0.15) is 66.7 Å². The summed E-state index contributed by atoms with van der Waals surface area (Å²) >= 11 is 0. The molecule has 2 rings (SSSR count). The maximum atomic E-state index is 12.2. The summed E-state index contributed by atoms with van der Waals surface area (Å²) in [5.74, 6) is 0.435. The van der Waals surface area contributed by atoms with Crippen LogP contribution in [0.25, 0.3) is 0 Å². The molecule has 3 N–H and O–H groups in total. The van der Waals surface area contributed by atoms with Gasteiger partial charge in [0.2, 0.25) is 5.91 Å². The minimum absolute atomic E-state index is 0.0771. The Morgan fingerprint density at radius 2 is 1.92 bits per heavy atom. The highest BCUT2D eigenvalue weighted by Crippen LogP contribution is 2.26. The quantitative estimate of drug-likeness (QED) is 0.477. The fourth-order valence-electron chi connectivity index (χ4n) is 4.68. The Hall–Kier alpha value is -1.99. The summed E-state index contributed by atoms with van der Waals surface area (Å²) in [4.78, 5) is 12.2. The number of aliphatic hydroxyl groups excluding tert-OH is 1. The normalized spacial score (nSPS) is 38.6. The molecule has 1 fully saturated rings. The van der Waals surface area contributed by atoms with Gasteiger partial charge in [-0.1, -0.05) is 67.5 Å².